The topological polar surface area (TPSA) is 59.4 Å². The van der Waals surface area contributed by atoms with Crippen molar-refractivity contribution in [1.29, 1.82) is 0 Å². The van der Waals surface area contributed by atoms with E-state index in [9.17, 15) is 4.39 Å². The number of nitrogens with zero attached hydrogens (tertiary/aromatic N) is 4. The average molecular weight is 283 g/mol. The molecule has 4 rings (SSSR count). The minimum absolute atomic E-state index is 0.285. The first-order valence-corrected chi connectivity index (χ1v) is 6.94. The van der Waals surface area contributed by atoms with Gasteiger partial charge in [0.25, 0.3) is 0 Å². The van der Waals surface area contributed by atoms with Crippen LogP contribution in [0.1, 0.15) is 24.6 Å². The molecule has 1 aliphatic carbocycles. The highest BCUT2D eigenvalue weighted by atomic mass is 19.1. The molecule has 1 aliphatic rings. The molecule has 2 aromatic heterocycles. The second kappa shape index (κ2) is 4.51. The Balaban J connectivity index is 1.73. The Morgan fingerprint density at radius 3 is 2.86 bits per heavy atom. The molecule has 106 valence electrons. The Labute approximate surface area is 120 Å². The van der Waals surface area contributed by atoms with Crippen LogP contribution < -0.4 is 0 Å². The van der Waals surface area contributed by atoms with E-state index < -0.39 is 0 Å². The van der Waals surface area contributed by atoms with Crippen LogP contribution in [0.2, 0.25) is 0 Å². The summed E-state index contributed by atoms with van der Waals surface area (Å²) in [6.07, 6.45) is 2.32. The van der Waals surface area contributed by atoms with E-state index in [-0.39, 0.29) is 5.82 Å². The molecule has 1 saturated carbocycles. The Kier molecular flexibility index (Phi) is 2.63. The largest absolute Gasteiger partial charge is 0.274 e. The molecule has 0 aliphatic heterocycles. The number of hydrogen-bond acceptors (Lipinski definition) is 3. The Bertz CT molecular complexity index is 800. The lowest BCUT2D eigenvalue weighted by Gasteiger charge is -1.96. The van der Waals surface area contributed by atoms with Crippen LogP contribution >= 0.6 is 0 Å². The summed E-state index contributed by atoms with van der Waals surface area (Å²) in [6, 6.07) is 8.40. The molecule has 5 nitrogen and oxygen atoms in total. The third kappa shape index (κ3) is 2.12. The van der Waals surface area contributed by atoms with Gasteiger partial charge in [-0.2, -0.15) is 10.2 Å². The van der Waals surface area contributed by atoms with E-state index in [0.717, 1.165) is 30.2 Å². The molecule has 6 heteroatoms. The molecule has 0 saturated heterocycles. The number of nitrogens with one attached hydrogen (secondary N) is 1. The van der Waals surface area contributed by atoms with Crippen LogP contribution in [-0.2, 0) is 7.05 Å². The Morgan fingerprint density at radius 1 is 1.29 bits per heavy atom. The quantitative estimate of drug-likeness (QED) is 0.804. The zero-order chi connectivity index (χ0) is 14.4. The monoisotopic (exact) mass is 283 g/mol. The van der Waals surface area contributed by atoms with Gasteiger partial charge in [0, 0.05) is 18.5 Å². The Hall–Kier alpha value is -2.50. The van der Waals surface area contributed by atoms with Crippen molar-refractivity contribution in [2.75, 3.05) is 0 Å². The first kappa shape index (κ1) is 12.3. The molecule has 0 spiro atoms. The fraction of sp³-hybridized carbons (Fsp3) is 0.267. The zero-order valence-electron chi connectivity index (χ0n) is 11.5. The van der Waals surface area contributed by atoms with E-state index in [1.54, 1.807) is 28.9 Å². The summed E-state index contributed by atoms with van der Waals surface area (Å²) in [5.74, 6) is 1.83. The van der Waals surface area contributed by atoms with Crippen LogP contribution in [0.25, 0.3) is 22.8 Å². The molecule has 0 unspecified atom stereocenters. The predicted molar refractivity (Wildman–Crippen MR) is 76.0 cm³/mol. The summed E-state index contributed by atoms with van der Waals surface area (Å²) in [5, 5.41) is 11.5. The molecule has 1 aromatic carbocycles. The van der Waals surface area contributed by atoms with Crippen LogP contribution in [0.4, 0.5) is 4.39 Å². The lowest BCUT2D eigenvalue weighted by atomic mass is 10.1. The highest BCUT2D eigenvalue weighted by Gasteiger charge is 2.29. The second-order valence-corrected chi connectivity index (χ2v) is 5.34. The predicted octanol–water partition coefficient (Wildman–Crippen LogP) is 2.89. The van der Waals surface area contributed by atoms with Crippen molar-refractivity contribution in [3.05, 3.63) is 42.0 Å². The van der Waals surface area contributed by atoms with Gasteiger partial charge >= 0.3 is 0 Å². The standard InChI is InChI=1S/C15H14FN5/c1-21-15(17-14(20-21)9-6-7-9)13-8-12(18-19-13)10-4-2-3-5-11(10)16/h2-5,8-9H,6-7H2,1H3,(H,18,19). The van der Waals surface area contributed by atoms with Crippen LogP contribution in [0, 0.1) is 5.82 Å². The molecule has 1 N–H and O–H groups in total. The number of aromatic amines is 1. The van der Waals surface area contributed by atoms with E-state index in [1.807, 2.05) is 7.05 Å². The van der Waals surface area contributed by atoms with E-state index in [2.05, 4.69) is 20.3 Å². The molecule has 0 radical (unpaired) electrons. The van der Waals surface area contributed by atoms with Gasteiger partial charge in [0.15, 0.2) is 11.6 Å². The maximum absolute atomic E-state index is 13.8. The van der Waals surface area contributed by atoms with Gasteiger partial charge in [-0.1, -0.05) is 12.1 Å². The van der Waals surface area contributed by atoms with Gasteiger partial charge in [-0.15, -0.1) is 0 Å². The zero-order valence-corrected chi connectivity index (χ0v) is 11.5. The van der Waals surface area contributed by atoms with Crippen LogP contribution in [-0.4, -0.2) is 25.0 Å². The molecule has 0 amide bonds. The van der Waals surface area contributed by atoms with Crippen molar-refractivity contribution in [3.63, 3.8) is 0 Å². The molecule has 21 heavy (non-hydrogen) atoms. The number of rotatable bonds is 3. The molecule has 3 aromatic rings. The molecule has 0 atom stereocenters. The third-order valence-corrected chi connectivity index (χ3v) is 3.69. The SMILES string of the molecule is Cn1nc(C2CC2)nc1-c1cc(-c2ccccc2F)n[nH]1. The minimum Gasteiger partial charge on any atom is -0.274 e. The number of H-pyrrole nitrogens is 1. The van der Waals surface area contributed by atoms with E-state index >= 15 is 0 Å². The summed E-state index contributed by atoms with van der Waals surface area (Å²) in [6.45, 7) is 0. The minimum atomic E-state index is -0.285. The fourth-order valence-electron chi connectivity index (χ4n) is 2.40. The maximum atomic E-state index is 13.8. The van der Waals surface area contributed by atoms with Crippen molar-refractivity contribution in [2.24, 2.45) is 7.05 Å². The van der Waals surface area contributed by atoms with Crippen molar-refractivity contribution in [3.8, 4) is 22.8 Å². The van der Waals surface area contributed by atoms with Gasteiger partial charge < -0.3 is 0 Å². The van der Waals surface area contributed by atoms with Gasteiger partial charge in [-0.05, 0) is 31.0 Å². The summed E-state index contributed by atoms with van der Waals surface area (Å²) in [7, 11) is 1.86. The van der Waals surface area contributed by atoms with Gasteiger partial charge in [0.2, 0.25) is 0 Å². The number of benzene rings is 1. The first-order chi connectivity index (χ1) is 10.2. The van der Waals surface area contributed by atoms with E-state index in [1.165, 1.54) is 6.07 Å². The molecule has 0 bridgehead atoms. The van der Waals surface area contributed by atoms with Crippen LogP contribution in [0.15, 0.2) is 30.3 Å². The summed E-state index contributed by atoms with van der Waals surface area (Å²) >= 11 is 0. The summed E-state index contributed by atoms with van der Waals surface area (Å²) in [5.41, 5.74) is 1.79. The van der Waals surface area contributed by atoms with Crippen molar-refractivity contribution < 1.29 is 4.39 Å². The third-order valence-electron chi connectivity index (χ3n) is 3.69. The number of halogens is 1. The number of hydrogen-bond donors (Lipinski definition) is 1. The van der Waals surface area contributed by atoms with Gasteiger partial charge in [-0.25, -0.2) is 14.1 Å². The van der Waals surface area contributed by atoms with Crippen LogP contribution in [0.3, 0.4) is 0 Å². The second-order valence-electron chi connectivity index (χ2n) is 5.34. The van der Waals surface area contributed by atoms with E-state index in [4.69, 9.17) is 0 Å². The molecular formula is C15H14FN5. The smallest absolute Gasteiger partial charge is 0.176 e. The van der Waals surface area contributed by atoms with Crippen molar-refractivity contribution in [1.82, 2.24) is 25.0 Å². The highest BCUT2D eigenvalue weighted by molar-refractivity contribution is 5.65. The molecule has 1 fully saturated rings. The number of aryl methyl sites for hydroxylation is 1. The summed E-state index contributed by atoms with van der Waals surface area (Å²) in [4.78, 5) is 4.56. The lowest BCUT2D eigenvalue weighted by molar-refractivity contribution is 0.630. The average Bonchev–Trinajstić information content (AvgIpc) is 3.09. The van der Waals surface area contributed by atoms with Gasteiger partial charge in [0.1, 0.15) is 11.5 Å². The Morgan fingerprint density at radius 2 is 2.10 bits per heavy atom. The first-order valence-electron chi connectivity index (χ1n) is 6.94. The maximum Gasteiger partial charge on any atom is 0.176 e. The van der Waals surface area contributed by atoms with Gasteiger partial charge in [0.05, 0.1) is 5.69 Å². The van der Waals surface area contributed by atoms with E-state index in [0.29, 0.717) is 17.2 Å². The lowest BCUT2D eigenvalue weighted by Crippen LogP contribution is -1.94. The van der Waals surface area contributed by atoms with Gasteiger partial charge in [-0.3, -0.25) is 5.10 Å². The molecular weight excluding hydrogens is 269 g/mol. The number of aromatic nitrogens is 5. The molecule has 2 heterocycles. The van der Waals surface area contributed by atoms with Crippen molar-refractivity contribution >= 4 is 0 Å². The van der Waals surface area contributed by atoms with Crippen LogP contribution in [0.5, 0.6) is 0 Å². The fourth-order valence-corrected chi connectivity index (χ4v) is 2.40. The normalized spacial score (nSPS) is 14.6. The van der Waals surface area contributed by atoms with Crippen molar-refractivity contribution in [2.45, 2.75) is 18.8 Å². The summed E-state index contributed by atoms with van der Waals surface area (Å²) < 4.78 is 15.5. The highest BCUT2D eigenvalue weighted by Crippen LogP contribution is 2.38.